The number of rotatable bonds is 2. The fraction of sp³-hybridized carbons (Fsp3) is 0.750. The lowest BCUT2D eigenvalue weighted by atomic mass is 10.2. The van der Waals surface area contributed by atoms with Gasteiger partial charge in [-0.2, -0.15) is 0 Å². The minimum atomic E-state index is 0.442. The third kappa shape index (κ3) is 2.46. The van der Waals surface area contributed by atoms with E-state index in [-0.39, 0.29) is 0 Å². The van der Waals surface area contributed by atoms with E-state index in [1.54, 1.807) is 11.3 Å². The molecule has 0 amide bonds. The Morgan fingerprint density at radius 3 is 2.65 bits per heavy atom. The van der Waals surface area contributed by atoms with Gasteiger partial charge in [0.15, 0.2) is 5.13 Å². The minimum absolute atomic E-state index is 0.442. The van der Waals surface area contributed by atoms with Gasteiger partial charge in [-0.25, -0.2) is 4.98 Å². The lowest BCUT2D eigenvalue weighted by Crippen LogP contribution is -2.50. The van der Waals surface area contributed by atoms with E-state index in [2.05, 4.69) is 20.2 Å². The number of nitrogens with two attached hydrogens (primary N) is 1. The van der Waals surface area contributed by atoms with Crippen molar-refractivity contribution in [3.8, 4) is 0 Å². The van der Waals surface area contributed by atoms with Crippen LogP contribution in [0.15, 0.2) is 11.6 Å². The van der Waals surface area contributed by atoms with Gasteiger partial charge in [-0.05, 0) is 19.3 Å². The molecule has 1 saturated heterocycles. The van der Waals surface area contributed by atoms with Gasteiger partial charge in [-0.15, -0.1) is 11.3 Å². The third-order valence-electron chi connectivity index (χ3n) is 3.97. The highest BCUT2D eigenvalue weighted by Crippen LogP contribution is 2.25. The Hall–Kier alpha value is -0.650. The molecule has 2 N–H and O–H groups in total. The Bertz CT molecular complexity index is 345. The van der Waals surface area contributed by atoms with Crippen LogP contribution in [0, 0.1) is 0 Å². The van der Waals surface area contributed by atoms with Crippen LogP contribution in [0.4, 0.5) is 5.13 Å². The summed E-state index contributed by atoms with van der Waals surface area (Å²) in [7, 11) is 0. The Labute approximate surface area is 106 Å². The van der Waals surface area contributed by atoms with Crippen molar-refractivity contribution in [2.45, 2.75) is 31.3 Å². The normalized spacial score (nSPS) is 31.0. The van der Waals surface area contributed by atoms with Crippen molar-refractivity contribution < 1.29 is 0 Å². The van der Waals surface area contributed by atoms with E-state index in [0.29, 0.717) is 6.04 Å². The lowest BCUT2D eigenvalue weighted by Gasteiger charge is -2.38. The molecule has 1 aromatic heterocycles. The third-order valence-corrected chi connectivity index (χ3v) is 4.80. The van der Waals surface area contributed by atoms with Gasteiger partial charge in [0.25, 0.3) is 0 Å². The molecule has 2 aliphatic rings. The molecule has 1 saturated carbocycles. The monoisotopic (exact) mass is 252 g/mol. The smallest absolute Gasteiger partial charge is 0.185 e. The fourth-order valence-corrected chi connectivity index (χ4v) is 3.67. The SMILES string of the molecule is NC1CCC(N2CCN(c3nccs3)CC2)C1. The second kappa shape index (κ2) is 4.92. The molecule has 2 atom stereocenters. The first-order chi connectivity index (χ1) is 8.33. The maximum absolute atomic E-state index is 5.99. The van der Waals surface area contributed by atoms with Crippen LogP contribution in [0.25, 0.3) is 0 Å². The van der Waals surface area contributed by atoms with Gasteiger partial charge in [0.2, 0.25) is 0 Å². The van der Waals surface area contributed by atoms with Crippen molar-refractivity contribution in [3.05, 3.63) is 11.6 Å². The summed E-state index contributed by atoms with van der Waals surface area (Å²) in [6.07, 6.45) is 5.58. The Balaban J connectivity index is 1.54. The van der Waals surface area contributed by atoms with E-state index >= 15 is 0 Å². The van der Waals surface area contributed by atoms with Crippen molar-refractivity contribution in [1.29, 1.82) is 0 Å². The first-order valence-corrected chi connectivity index (χ1v) is 7.35. The van der Waals surface area contributed by atoms with Crippen molar-refractivity contribution in [1.82, 2.24) is 9.88 Å². The summed E-state index contributed by atoms with van der Waals surface area (Å²) >= 11 is 1.74. The van der Waals surface area contributed by atoms with Crippen molar-refractivity contribution in [2.24, 2.45) is 5.73 Å². The van der Waals surface area contributed by atoms with E-state index in [1.807, 2.05) is 6.20 Å². The summed E-state index contributed by atoms with van der Waals surface area (Å²) in [6, 6.07) is 1.18. The van der Waals surface area contributed by atoms with Crippen molar-refractivity contribution >= 4 is 16.5 Å². The van der Waals surface area contributed by atoms with Crippen LogP contribution in [-0.4, -0.2) is 48.1 Å². The number of piperazine rings is 1. The van der Waals surface area contributed by atoms with Gasteiger partial charge < -0.3 is 10.6 Å². The number of thiazole rings is 1. The molecule has 0 radical (unpaired) electrons. The predicted molar refractivity (Wildman–Crippen MR) is 71.5 cm³/mol. The molecule has 0 bridgehead atoms. The van der Waals surface area contributed by atoms with Gasteiger partial charge in [0, 0.05) is 49.8 Å². The van der Waals surface area contributed by atoms with Crippen LogP contribution < -0.4 is 10.6 Å². The first-order valence-electron chi connectivity index (χ1n) is 6.47. The molecule has 2 unspecified atom stereocenters. The summed E-state index contributed by atoms with van der Waals surface area (Å²) in [5.74, 6) is 0. The molecule has 0 aromatic carbocycles. The standard InChI is InChI=1S/C12H20N4S/c13-10-1-2-11(9-10)15-4-6-16(7-5-15)12-14-3-8-17-12/h3,8,10-11H,1-2,4-7,9,13H2. The maximum Gasteiger partial charge on any atom is 0.185 e. The zero-order valence-corrected chi connectivity index (χ0v) is 10.9. The topological polar surface area (TPSA) is 45.4 Å². The Morgan fingerprint density at radius 1 is 1.24 bits per heavy atom. The van der Waals surface area contributed by atoms with Crippen molar-refractivity contribution in [2.75, 3.05) is 31.1 Å². The largest absolute Gasteiger partial charge is 0.346 e. The molecule has 5 heteroatoms. The molecule has 17 heavy (non-hydrogen) atoms. The Kier molecular flexibility index (Phi) is 3.31. The van der Waals surface area contributed by atoms with Crippen LogP contribution in [0.1, 0.15) is 19.3 Å². The van der Waals surface area contributed by atoms with E-state index in [4.69, 9.17) is 5.73 Å². The van der Waals surface area contributed by atoms with Crippen molar-refractivity contribution in [3.63, 3.8) is 0 Å². The molecule has 2 heterocycles. The molecule has 1 aromatic rings. The summed E-state index contributed by atoms with van der Waals surface area (Å²) in [5, 5.41) is 3.23. The van der Waals surface area contributed by atoms with E-state index < -0.39 is 0 Å². The van der Waals surface area contributed by atoms with Gasteiger partial charge in [0.1, 0.15) is 0 Å². The van der Waals surface area contributed by atoms with Crippen LogP contribution in [0.5, 0.6) is 0 Å². The maximum atomic E-state index is 5.99. The van der Waals surface area contributed by atoms with E-state index in [9.17, 15) is 0 Å². The average molecular weight is 252 g/mol. The molecule has 1 aliphatic carbocycles. The summed E-state index contributed by atoms with van der Waals surface area (Å²) in [5.41, 5.74) is 5.99. The quantitative estimate of drug-likeness (QED) is 0.857. The summed E-state index contributed by atoms with van der Waals surface area (Å²) in [6.45, 7) is 4.55. The molecule has 94 valence electrons. The molecule has 2 fully saturated rings. The summed E-state index contributed by atoms with van der Waals surface area (Å²) < 4.78 is 0. The number of aromatic nitrogens is 1. The molecule has 0 spiro atoms. The number of hydrogen-bond acceptors (Lipinski definition) is 5. The molecular weight excluding hydrogens is 232 g/mol. The minimum Gasteiger partial charge on any atom is -0.346 e. The highest BCUT2D eigenvalue weighted by molar-refractivity contribution is 7.13. The van der Waals surface area contributed by atoms with Gasteiger partial charge in [0.05, 0.1) is 0 Å². The highest BCUT2D eigenvalue weighted by Gasteiger charge is 2.29. The molecule has 4 nitrogen and oxygen atoms in total. The van der Waals surface area contributed by atoms with E-state index in [1.165, 1.54) is 24.4 Å². The number of nitrogens with zero attached hydrogens (tertiary/aromatic N) is 3. The fourth-order valence-electron chi connectivity index (χ4n) is 2.97. The Morgan fingerprint density at radius 2 is 2.06 bits per heavy atom. The van der Waals surface area contributed by atoms with Gasteiger partial charge in [-0.1, -0.05) is 0 Å². The van der Waals surface area contributed by atoms with Crippen LogP contribution in [-0.2, 0) is 0 Å². The van der Waals surface area contributed by atoms with Crippen LogP contribution >= 0.6 is 11.3 Å². The second-order valence-electron chi connectivity index (χ2n) is 5.06. The second-order valence-corrected chi connectivity index (χ2v) is 5.94. The summed E-state index contributed by atoms with van der Waals surface area (Å²) in [4.78, 5) is 9.40. The van der Waals surface area contributed by atoms with E-state index in [0.717, 1.165) is 32.2 Å². The zero-order chi connectivity index (χ0) is 11.7. The molecule has 3 rings (SSSR count). The molecular formula is C12H20N4S. The first kappa shape index (κ1) is 11.4. The van der Waals surface area contributed by atoms with Gasteiger partial charge >= 0.3 is 0 Å². The lowest BCUT2D eigenvalue weighted by molar-refractivity contribution is 0.186. The van der Waals surface area contributed by atoms with Gasteiger partial charge in [-0.3, -0.25) is 4.90 Å². The highest BCUT2D eigenvalue weighted by atomic mass is 32.1. The predicted octanol–water partition coefficient (Wildman–Crippen LogP) is 1.14. The zero-order valence-electron chi connectivity index (χ0n) is 10.1. The van der Waals surface area contributed by atoms with Crippen LogP contribution in [0.3, 0.4) is 0 Å². The average Bonchev–Trinajstić information content (AvgIpc) is 3.00. The number of hydrogen-bond donors (Lipinski definition) is 1. The number of anilines is 1. The van der Waals surface area contributed by atoms with Crippen LogP contribution in [0.2, 0.25) is 0 Å². The molecule has 1 aliphatic heterocycles.